The summed E-state index contributed by atoms with van der Waals surface area (Å²) in [4.78, 5) is 11.5. The van der Waals surface area contributed by atoms with Crippen molar-refractivity contribution in [3.8, 4) is 0 Å². The smallest absolute Gasteiger partial charge is 0.246 e. The van der Waals surface area contributed by atoms with Crippen molar-refractivity contribution in [1.29, 1.82) is 0 Å². The summed E-state index contributed by atoms with van der Waals surface area (Å²) in [6.07, 6.45) is 0. The molecule has 1 aromatic carbocycles. The Kier molecular flexibility index (Phi) is 6.18. The summed E-state index contributed by atoms with van der Waals surface area (Å²) in [5.74, 6) is -0.145. The molecule has 0 aliphatic carbocycles. The van der Waals surface area contributed by atoms with Gasteiger partial charge in [0.25, 0.3) is 0 Å². The zero-order chi connectivity index (χ0) is 13.4. The van der Waals surface area contributed by atoms with Gasteiger partial charge in [0.2, 0.25) is 5.91 Å². The summed E-state index contributed by atoms with van der Waals surface area (Å²) < 4.78 is 9.93. The molecule has 0 radical (unpaired) electrons. The highest BCUT2D eigenvalue weighted by Gasteiger charge is 2.04. The predicted octanol–water partition coefficient (Wildman–Crippen LogP) is 0.856. The van der Waals surface area contributed by atoms with E-state index in [0.29, 0.717) is 19.8 Å². The molecule has 0 heterocycles. The minimum Gasteiger partial charge on any atom is -0.399 e. The van der Waals surface area contributed by atoms with Gasteiger partial charge in [-0.2, -0.15) is 0 Å². The van der Waals surface area contributed by atoms with Crippen LogP contribution in [0.15, 0.2) is 18.2 Å². The van der Waals surface area contributed by atoms with E-state index in [9.17, 15) is 4.79 Å². The Hall–Kier alpha value is -1.59. The van der Waals surface area contributed by atoms with E-state index in [2.05, 4.69) is 5.32 Å². The summed E-state index contributed by atoms with van der Waals surface area (Å²) in [7, 11) is 1.59. The van der Waals surface area contributed by atoms with E-state index >= 15 is 0 Å². The average Bonchev–Trinajstić information content (AvgIpc) is 2.36. The molecule has 1 aromatic rings. The monoisotopic (exact) mass is 252 g/mol. The van der Waals surface area contributed by atoms with Gasteiger partial charge >= 0.3 is 0 Å². The summed E-state index contributed by atoms with van der Waals surface area (Å²) in [6, 6.07) is 5.66. The number of ether oxygens (including phenoxy) is 2. The highest BCUT2D eigenvalue weighted by Crippen LogP contribution is 2.14. The fourth-order valence-corrected chi connectivity index (χ4v) is 1.45. The van der Waals surface area contributed by atoms with Crippen molar-refractivity contribution < 1.29 is 14.3 Å². The number of nitrogens with one attached hydrogen (secondary N) is 1. The Morgan fingerprint density at radius 2 is 2.17 bits per heavy atom. The molecule has 5 heteroatoms. The zero-order valence-corrected chi connectivity index (χ0v) is 10.9. The molecule has 1 rings (SSSR count). The van der Waals surface area contributed by atoms with Gasteiger partial charge in [-0.3, -0.25) is 4.79 Å². The molecule has 0 saturated carbocycles. The highest BCUT2D eigenvalue weighted by atomic mass is 16.5. The van der Waals surface area contributed by atoms with Gasteiger partial charge < -0.3 is 20.5 Å². The Morgan fingerprint density at radius 1 is 1.39 bits per heavy atom. The number of carbonyl (C=O) groups excluding carboxylic acids is 1. The lowest BCUT2D eigenvalue weighted by molar-refractivity contribution is -0.126. The van der Waals surface area contributed by atoms with E-state index in [1.54, 1.807) is 7.11 Å². The standard InChI is InChI=1S/C13H20N2O3/c1-10-11(4-3-5-12(10)14)8-15-13(16)9-18-7-6-17-2/h3-5H,6-9,14H2,1-2H3,(H,15,16). The van der Waals surface area contributed by atoms with Gasteiger partial charge in [-0.05, 0) is 24.1 Å². The largest absolute Gasteiger partial charge is 0.399 e. The van der Waals surface area contributed by atoms with Crippen LogP contribution in [0.25, 0.3) is 0 Å². The van der Waals surface area contributed by atoms with E-state index < -0.39 is 0 Å². The third-order valence-electron chi connectivity index (χ3n) is 2.63. The minimum atomic E-state index is -0.145. The van der Waals surface area contributed by atoms with Crippen LogP contribution in [0.1, 0.15) is 11.1 Å². The lowest BCUT2D eigenvalue weighted by Crippen LogP contribution is -2.28. The summed E-state index contributed by atoms with van der Waals surface area (Å²) in [6.45, 7) is 3.35. The second-order valence-electron chi connectivity index (χ2n) is 3.95. The Bertz CT molecular complexity index is 394. The summed E-state index contributed by atoms with van der Waals surface area (Å²) >= 11 is 0. The number of carbonyl (C=O) groups is 1. The first-order chi connectivity index (χ1) is 8.65. The molecule has 18 heavy (non-hydrogen) atoms. The maximum Gasteiger partial charge on any atom is 0.246 e. The number of anilines is 1. The second kappa shape index (κ2) is 7.68. The van der Waals surface area contributed by atoms with E-state index in [-0.39, 0.29) is 12.5 Å². The van der Waals surface area contributed by atoms with Crippen LogP contribution in [0.3, 0.4) is 0 Å². The number of nitrogen functional groups attached to an aromatic ring is 1. The molecule has 0 bridgehead atoms. The Balaban J connectivity index is 2.32. The van der Waals surface area contributed by atoms with Crippen molar-refractivity contribution in [3.63, 3.8) is 0 Å². The molecule has 0 aliphatic rings. The molecule has 0 fully saturated rings. The van der Waals surface area contributed by atoms with Crippen LogP contribution in [0.2, 0.25) is 0 Å². The quantitative estimate of drug-likeness (QED) is 0.557. The van der Waals surface area contributed by atoms with Crippen molar-refractivity contribution in [2.24, 2.45) is 0 Å². The number of methoxy groups -OCH3 is 1. The third kappa shape index (κ3) is 4.73. The SMILES string of the molecule is COCCOCC(=O)NCc1cccc(N)c1C. The number of nitrogens with two attached hydrogens (primary N) is 1. The van der Waals surface area contributed by atoms with Crippen LogP contribution in [-0.2, 0) is 20.8 Å². The molecule has 100 valence electrons. The average molecular weight is 252 g/mol. The zero-order valence-electron chi connectivity index (χ0n) is 10.9. The number of amides is 1. The maximum absolute atomic E-state index is 11.5. The maximum atomic E-state index is 11.5. The lowest BCUT2D eigenvalue weighted by atomic mass is 10.1. The molecule has 0 aliphatic heterocycles. The minimum absolute atomic E-state index is 0.0464. The first kappa shape index (κ1) is 14.5. The van der Waals surface area contributed by atoms with Gasteiger partial charge in [-0.15, -0.1) is 0 Å². The van der Waals surface area contributed by atoms with Crippen molar-refractivity contribution in [2.45, 2.75) is 13.5 Å². The molecule has 5 nitrogen and oxygen atoms in total. The number of benzene rings is 1. The highest BCUT2D eigenvalue weighted by molar-refractivity contribution is 5.77. The molecule has 3 N–H and O–H groups in total. The topological polar surface area (TPSA) is 73.6 Å². The summed E-state index contributed by atoms with van der Waals surface area (Å²) in [5.41, 5.74) is 8.54. The Morgan fingerprint density at radius 3 is 2.89 bits per heavy atom. The van der Waals surface area contributed by atoms with Crippen LogP contribution in [0.4, 0.5) is 5.69 Å². The van der Waals surface area contributed by atoms with Crippen molar-refractivity contribution in [3.05, 3.63) is 29.3 Å². The number of hydrogen-bond acceptors (Lipinski definition) is 4. The molecular weight excluding hydrogens is 232 g/mol. The van der Waals surface area contributed by atoms with Crippen molar-refractivity contribution in [1.82, 2.24) is 5.32 Å². The van der Waals surface area contributed by atoms with E-state index in [1.165, 1.54) is 0 Å². The first-order valence-electron chi connectivity index (χ1n) is 5.82. The summed E-state index contributed by atoms with van der Waals surface area (Å²) in [5, 5.41) is 2.78. The third-order valence-corrected chi connectivity index (χ3v) is 2.63. The fraction of sp³-hybridized carbons (Fsp3) is 0.462. The van der Waals surface area contributed by atoms with Crippen LogP contribution in [-0.4, -0.2) is 32.8 Å². The van der Waals surface area contributed by atoms with E-state index in [4.69, 9.17) is 15.2 Å². The fourth-order valence-electron chi connectivity index (χ4n) is 1.45. The number of hydrogen-bond donors (Lipinski definition) is 2. The van der Waals surface area contributed by atoms with Crippen LogP contribution >= 0.6 is 0 Å². The molecule has 0 spiro atoms. The second-order valence-corrected chi connectivity index (χ2v) is 3.95. The van der Waals surface area contributed by atoms with Gasteiger partial charge in [-0.25, -0.2) is 0 Å². The van der Waals surface area contributed by atoms with Crippen LogP contribution in [0.5, 0.6) is 0 Å². The molecule has 0 unspecified atom stereocenters. The normalized spacial score (nSPS) is 10.3. The number of rotatable bonds is 7. The van der Waals surface area contributed by atoms with E-state index in [1.807, 2.05) is 25.1 Å². The van der Waals surface area contributed by atoms with Gasteiger partial charge in [0.1, 0.15) is 6.61 Å². The van der Waals surface area contributed by atoms with Crippen LogP contribution < -0.4 is 11.1 Å². The predicted molar refractivity (Wildman–Crippen MR) is 70.1 cm³/mol. The van der Waals surface area contributed by atoms with Crippen LogP contribution in [0, 0.1) is 6.92 Å². The molecule has 0 aromatic heterocycles. The van der Waals surface area contributed by atoms with Crippen molar-refractivity contribution >= 4 is 11.6 Å². The van der Waals surface area contributed by atoms with Gasteiger partial charge in [-0.1, -0.05) is 12.1 Å². The van der Waals surface area contributed by atoms with Gasteiger partial charge in [0, 0.05) is 19.3 Å². The molecule has 0 atom stereocenters. The molecule has 1 amide bonds. The molecular formula is C13H20N2O3. The van der Waals surface area contributed by atoms with Crippen molar-refractivity contribution in [2.75, 3.05) is 32.7 Å². The van der Waals surface area contributed by atoms with Gasteiger partial charge in [0.15, 0.2) is 0 Å². The van der Waals surface area contributed by atoms with Gasteiger partial charge in [0.05, 0.1) is 13.2 Å². The Labute approximate surface area is 107 Å². The molecule has 0 saturated heterocycles. The lowest BCUT2D eigenvalue weighted by Gasteiger charge is -2.10. The van der Waals surface area contributed by atoms with E-state index in [0.717, 1.165) is 16.8 Å². The first-order valence-corrected chi connectivity index (χ1v) is 5.82.